The molecule has 0 spiro atoms. The summed E-state index contributed by atoms with van der Waals surface area (Å²) in [6.45, 7) is 0.653. The summed E-state index contributed by atoms with van der Waals surface area (Å²) in [4.78, 5) is -0.304. The Morgan fingerprint density at radius 3 is 3.00 bits per heavy atom. The van der Waals surface area contributed by atoms with Crippen LogP contribution in [-0.4, -0.2) is 13.7 Å². The highest BCUT2D eigenvalue weighted by Gasteiger charge is 2.39. The van der Waals surface area contributed by atoms with Crippen molar-refractivity contribution in [2.45, 2.75) is 30.6 Å². The molecule has 1 aliphatic carbocycles. The van der Waals surface area contributed by atoms with Gasteiger partial charge in [0.15, 0.2) is 0 Å². The number of hydrogen-bond acceptors (Lipinski definition) is 2. The Morgan fingerprint density at radius 1 is 1.47 bits per heavy atom. The van der Waals surface area contributed by atoms with Crippen LogP contribution in [0.3, 0.4) is 0 Å². The molecule has 2 rings (SSSR count). The Bertz CT molecular complexity index is 382. The van der Waals surface area contributed by atoms with Crippen molar-refractivity contribution in [1.82, 2.24) is 0 Å². The Morgan fingerprint density at radius 2 is 2.29 bits per heavy atom. The first-order valence-corrected chi connectivity index (χ1v) is 6.62. The summed E-state index contributed by atoms with van der Waals surface area (Å²) in [7, 11) is 1.68. The molecule has 2 atom stereocenters. The van der Waals surface area contributed by atoms with Crippen molar-refractivity contribution in [2.24, 2.45) is 11.7 Å². The number of halogens is 1. The maximum atomic E-state index is 6.86. The van der Waals surface area contributed by atoms with Crippen LogP contribution in [0, 0.1) is 5.92 Å². The van der Waals surface area contributed by atoms with E-state index in [1.165, 1.54) is 12.8 Å². The third kappa shape index (κ3) is 2.43. The molecule has 17 heavy (non-hydrogen) atoms. The lowest BCUT2D eigenvalue weighted by atomic mass is 9.74. The van der Waals surface area contributed by atoms with Gasteiger partial charge in [0.1, 0.15) is 5.75 Å². The van der Waals surface area contributed by atoms with Gasteiger partial charge in [0, 0.05) is 0 Å². The summed E-state index contributed by atoms with van der Waals surface area (Å²) in [6, 6.07) is 8.08. The summed E-state index contributed by atoms with van der Waals surface area (Å²) in [5.41, 5.74) is 7.02. The van der Waals surface area contributed by atoms with Crippen LogP contribution in [0.1, 0.15) is 31.2 Å². The quantitative estimate of drug-likeness (QED) is 0.839. The van der Waals surface area contributed by atoms with Crippen molar-refractivity contribution in [3.63, 3.8) is 0 Å². The first kappa shape index (κ1) is 12.7. The van der Waals surface area contributed by atoms with Gasteiger partial charge >= 0.3 is 0 Å². The molecule has 0 amide bonds. The van der Waals surface area contributed by atoms with Crippen LogP contribution >= 0.6 is 11.6 Å². The lowest BCUT2D eigenvalue weighted by molar-refractivity contribution is 0.274. The number of ether oxygens (including phenoxy) is 1. The van der Waals surface area contributed by atoms with Crippen LogP contribution in [0.4, 0.5) is 0 Å². The van der Waals surface area contributed by atoms with Crippen molar-refractivity contribution < 1.29 is 4.74 Å². The van der Waals surface area contributed by atoms with Crippen LogP contribution in [0.5, 0.6) is 5.75 Å². The third-order valence-corrected chi connectivity index (χ3v) is 4.54. The topological polar surface area (TPSA) is 35.2 Å². The Hall–Kier alpha value is -0.730. The molecule has 0 saturated heterocycles. The van der Waals surface area contributed by atoms with E-state index in [1.807, 2.05) is 18.2 Å². The van der Waals surface area contributed by atoms with E-state index in [4.69, 9.17) is 22.1 Å². The fraction of sp³-hybridized carbons (Fsp3) is 0.571. The number of nitrogens with two attached hydrogens (primary N) is 1. The SMILES string of the molecule is COc1cccc(C2(Cl)CCCCC2CN)c1. The zero-order valence-electron chi connectivity index (χ0n) is 10.3. The van der Waals surface area contributed by atoms with Gasteiger partial charge in [-0.1, -0.05) is 25.0 Å². The predicted molar refractivity (Wildman–Crippen MR) is 71.5 cm³/mol. The number of alkyl halides is 1. The second-order valence-corrected chi connectivity index (χ2v) is 5.45. The molecule has 1 aromatic carbocycles. The lowest BCUT2D eigenvalue weighted by Gasteiger charge is -2.39. The standard InChI is InChI=1S/C14H20ClNO/c1-17-13-7-4-6-11(9-13)14(15)8-3-2-5-12(14)10-16/h4,6-7,9,12H,2-3,5,8,10,16H2,1H3. The van der Waals surface area contributed by atoms with E-state index >= 15 is 0 Å². The molecule has 2 nitrogen and oxygen atoms in total. The van der Waals surface area contributed by atoms with Gasteiger partial charge in [-0.2, -0.15) is 0 Å². The molecule has 1 fully saturated rings. The largest absolute Gasteiger partial charge is 0.497 e. The van der Waals surface area contributed by atoms with Gasteiger partial charge in [-0.3, -0.25) is 0 Å². The van der Waals surface area contributed by atoms with Gasteiger partial charge < -0.3 is 10.5 Å². The first-order chi connectivity index (χ1) is 8.20. The van der Waals surface area contributed by atoms with Crippen LogP contribution in [0.2, 0.25) is 0 Å². The minimum Gasteiger partial charge on any atom is -0.497 e. The van der Waals surface area contributed by atoms with Gasteiger partial charge in [0.25, 0.3) is 0 Å². The minimum absolute atomic E-state index is 0.304. The normalized spacial score (nSPS) is 29.0. The molecule has 2 unspecified atom stereocenters. The van der Waals surface area contributed by atoms with Crippen LogP contribution in [0.25, 0.3) is 0 Å². The van der Waals surface area contributed by atoms with E-state index in [1.54, 1.807) is 7.11 Å². The van der Waals surface area contributed by atoms with Crippen molar-refractivity contribution >= 4 is 11.6 Å². The van der Waals surface area contributed by atoms with Gasteiger partial charge in [-0.15, -0.1) is 11.6 Å². The lowest BCUT2D eigenvalue weighted by Crippen LogP contribution is -2.37. The van der Waals surface area contributed by atoms with Crippen molar-refractivity contribution in [3.05, 3.63) is 29.8 Å². The maximum Gasteiger partial charge on any atom is 0.119 e. The molecule has 0 bridgehead atoms. The summed E-state index contributed by atoms with van der Waals surface area (Å²) in [5.74, 6) is 1.23. The third-order valence-electron chi connectivity index (χ3n) is 3.82. The second kappa shape index (κ2) is 5.28. The Labute approximate surface area is 108 Å². The number of hydrogen-bond donors (Lipinski definition) is 1. The highest BCUT2D eigenvalue weighted by molar-refractivity contribution is 6.24. The van der Waals surface area contributed by atoms with E-state index in [9.17, 15) is 0 Å². The number of methoxy groups -OCH3 is 1. The molecule has 94 valence electrons. The van der Waals surface area contributed by atoms with Gasteiger partial charge in [0.05, 0.1) is 12.0 Å². The van der Waals surface area contributed by atoms with E-state index in [2.05, 4.69) is 6.07 Å². The predicted octanol–water partition coefficient (Wildman–Crippen LogP) is 3.28. The van der Waals surface area contributed by atoms with E-state index in [0.717, 1.165) is 24.2 Å². The molecule has 1 aliphatic rings. The Balaban J connectivity index is 2.33. The summed E-state index contributed by atoms with van der Waals surface area (Å²) in [5, 5.41) is 0. The second-order valence-electron chi connectivity index (χ2n) is 4.77. The molecule has 2 N–H and O–H groups in total. The maximum absolute atomic E-state index is 6.86. The van der Waals surface area contributed by atoms with Crippen LogP contribution < -0.4 is 10.5 Å². The molecule has 1 saturated carbocycles. The fourth-order valence-corrected chi connectivity index (χ4v) is 3.22. The highest BCUT2D eigenvalue weighted by atomic mass is 35.5. The zero-order valence-corrected chi connectivity index (χ0v) is 11.0. The fourth-order valence-electron chi connectivity index (χ4n) is 2.77. The summed E-state index contributed by atoms with van der Waals surface area (Å²) < 4.78 is 5.27. The molecule has 3 heteroatoms. The van der Waals surface area contributed by atoms with Crippen LogP contribution in [0.15, 0.2) is 24.3 Å². The van der Waals surface area contributed by atoms with E-state index in [-0.39, 0.29) is 4.87 Å². The molecule has 0 heterocycles. The molecule has 0 radical (unpaired) electrons. The van der Waals surface area contributed by atoms with Crippen molar-refractivity contribution in [2.75, 3.05) is 13.7 Å². The monoisotopic (exact) mass is 253 g/mol. The number of rotatable bonds is 3. The summed E-state index contributed by atoms with van der Waals surface area (Å²) >= 11 is 6.86. The van der Waals surface area contributed by atoms with Crippen LogP contribution in [-0.2, 0) is 4.87 Å². The van der Waals surface area contributed by atoms with E-state index < -0.39 is 0 Å². The molecular weight excluding hydrogens is 234 g/mol. The van der Waals surface area contributed by atoms with Gasteiger partial charge in [0.2, 0.25) is 0 Å². The average molecular weight is 254 g/mol. The smallest absolute Gasteiger partial charge is 0.119 e. The Kier molecular flexibility index (Phi) is 3.95. The first-order valence-electron chi connectivity index (χ1n) is 6.24. The van der Waals surface area contributed by atoms with Crippen molar-refractivity contribution in [1.29, 1.82) is 0 Å². The average Bonchev–Trinajstić information content (AvgIpc) is 2.39. The number of benzene rings is 1. The minimum atomic E-state index is -0.304. The summed E-state index contributed by atoms with van der Waals surface area (Å²) in [6.07, 6.45) is 4.54. The zero-order chi connectivity index (χ0) is 12.3. The molecule has 1 aromatic rings. The van der Waals surface area contributed by atoms with Gasteiger partial charge in [-0.25, -0.2) is 0 Å². The van der Waals surface area contributed by atoms with Gasteiger partial charge in [-0.05, 0) is 43.0 Å². The van der Waals surface area contributed by atoms with E-state index in [0.29, 0.717) is 12.5 Å². The highest BCUT2D eigenvalue weighted by Crippen LogP contribution is 2.47. The molecular formula is C14H20ClNO. The van der Waals surface area contributed by atoms with Crippen molar-refractivity contribution in [3.8, 4) is 5.75 Å². The molecule has 0 aromatic heterocycles. The molecule has 0 aliphatic heterocycles.